The van der Waals surface area contributed by atoms with Gasteiger partial charge in [0, 0.05) is 17.5 Å². The predicted octanol–water partition coefficient (Wildman–Crippen LogP) is 3.57. The Morgan fingerprint density at radius 3 is 2.50 bits per heavy atom. The molecule has 1 amide bonds. The highest BCUT2D eigenvalue weighted by Crippen LogP contribution is 2.16. The van der Waals surface area contributed by atoms with Crippen molar-refractivity contribution < 1.29 is 13.6 Å². The molecule has 0 saturated carbocycles. The van der Waals surface area contributed by atoms with Crippen molar-refractivity contribution in [2.75, 3.05) is 6.54 Å². The number of rotatable bonds is 6. The standard InChI is InChI=1S/C16H18F2N2OS/c1-3-15-19-11(10-22-15)8-16(21)20(4-2)9-12-13(17)6-5-7-14(12)18/h5-7,10H,3-4,8-9H2,1-2H3. The maximum absolute atomic E-state index is 13.7. The maximum Gasteiger partial charge on any atom is 0.228 e. The van der Waals surface area contributed by atoms with E-state index >= 15 is 0 Å². The topological polar surface area (TPSA) is 33.2 Å². The molecule has 0 N–H and O–H groups in total. The molecule has 6 heteroatoms. The number of aromatic nitrogens is 1. The lowest BCUT2D eigenvalue weighted by atomic mass is 10.1. The predicted molar refractivity (Wildman–Crippen MR) is 82.6 cm³/mol. The number of hydrogen-bond acceptors (Lipinski definition) is 3. The fraction of sp³-hybridized carbons (Fsp3) is 0.375. The molecule has 2 rings (SSSR count). The third kappa shape index (κ3) is 3.88. The Balaban J connectivity index is 2.09. The highest BCUT2D eigenvalue weighted by atomic mass is 32.1. The summed E-state index contributed by atoms with van der Waals surface area (Å²) in [6.07, 6.45) is 0.983. The molecule has 0 spiro atoms. The first-order valence-corrected chi connectivity index (χ1v) is 8.07. The minimum absolute atomic E-state index is 0.0708. The minimum atomic E-state index is -0.631. The van der Waals surface area contributed by atoms with Crippen molar-refractivity contribution in [3.63, 3.8) is 0 Å². The lowest BCUT2D eigenvalue weighted by molar-refractivity contribution is -0.131. The first-order chi connectivity index (χ1) is 10.5. The number of aryl methyl sites for hydroxylation is 1. The van der Waals surface area contributed by atoms with Crippen LogP contribution in [0.15, 0.2) is 23.6 Å². The van der Waals surface area contributed by atoms with E-state index in [0.717, 1.165) is 11.4 Å². The molecular formula is C16H18F2N2OS. The van der Waals surface area contributed by atoms with Crippen molar-refractivity contribution in [1.82, 2.24) is 9.88 Å². The van der Waals surface area contributed by atoms with Crippen molar-refractivity contribution in [1.29, 1.82) is 0 Å². The Morgan fingerprint density at radius 2 is 1.95 bits per heavy atom. The maximum atomic E-state index is 13.7. The van der Waals surface area contributed by atoms with Gasteiger partial charge in [-0.15, -0.1) is 11.3 Å². The molecule has 0 fully saturated rings. The summed E-state index contributed by atoms with van der Waals surface area (Å²) in [5.74, 6) is -1.44. The molecule has 0 saturated heterocycles. The molecule has 0 bridgehead atoms. The van der Waals surface area contributed by atoms with Gasteiger partial charge in [0.05, 0.1) is 23.7 Å². The minimum Gasteiger partial charge on any atom is -0.338 e. The summed E-state index contributed by atoms with van der Waals surface area (Å²) in [5, 5.41) is 2.83. The SMILES string of the molecule is CCc1nc(CC(=O)N(CC)Cc2c(F)cccc2F)cs1. The van der Waals surface area contributed by atoms with E-state index in [1.54, 1.807) is 6.92 Å². The largest absolute Gasteiger partial charge is 0.338 e. The van der Waals surface area contributed by atoms with E-state index in [-0.39, 0.29) is 24.4 Å². The van der Waals surface area contributed by atoms with Gasteiger partial charge in [-0.2, -0.15) is 0 Å². The zero-order valence-electron chi connectivity index (χ0n) is 12.6. The fourth-order valence-corrected chi connectivity index (χ4v) is 2.85. The monoisotopic (exact) mass is 324 g/mol. The molecule has 22 heavy (non-hydrogen) atoms. The molecule has 3 nitrogen and oxygen atoms in total. The van der Waals surface area contributed by atoms with Gasteiger partial charge in [-0.25, -0.2) is 13.8 Å². The van der Waals surface area contributed by atoms with E-state index < -0.39 is 11.6 Å². The molecule has 2 aromatic rings. The van der Waals surface area contributed by atoms with Crippen LogP contribution < -0.4 is 0 Å². The molecule has 1 heterocycles. The zero-order chi connectivity index (χ0) is 16.1. The Kier molecular flexibility index (Phi) is 5.60. The van der Waals surface area contributed by atoms with Gasteiger partial charge in [0.2, 0.25) is 5.91 Å². The number of halogens is 2. The first kappa shape index (κ1) is 16.5. The lowest BCUT2D eigenvalue weighted by Crippen LogP contribution is -2.32. The van der Waals surface area contributed by atoms with Crippen molar-refractivity contribution in [3.05, 3.63) is 51.5 Å². The molecule has 0 aliphatic heterocycles. The van der Waals surface area contributed by atoms with E-state index in [9.17, 15) is 13.6 Å². The summed E-state index contributed by atoms with van der Waals surface area (Å²) < 4.78 is 27.4. The van der Waals surface area contributed by atoms with Gasteiger partial charge in [0.15, 0.2) is 0 Å². The van der Waals surface area contributed by atoms with Crippen LogP contribution in [0.4, 0.5) is 8.78 Å². The summed E-state index contributed by atoms with van der Waals surface area (Å²) in [4.78, 5) is 18.1. The Hall–Kier alpha value is -1.82. The van der Waals surface area contributed by atoms with Crippen LogP contribution in [-0.4, -0.2) is 22.3 Å². The second-order valence-corrected chi connectivity index (χ2v) is 5.81. The molecule has 0 unspecified atom stereocenters. The van der Waals surface area contributed by atoms with Gasteiger partial charge in [0.1, 0.15) is 11.6 Å². The van der Waals surface area contributed by atoms with Crippen LogP contribution in [0.1, 0.15) is 30.1 Å². The number of benzene rings is 1. The summed E-state index contributed by atoms with van der Waals surface area (Å²) in [6.45, 7) is 4.11. The van der Waals surface area contributed by atoms with Crippen LogP contribution in [0, 0.1) is 11.6 Å². The smallest absolute Gasteiger partial charge is 0.228 e. The van der Waals surface area contributed by atoms with E-state index in [2.05, 4.69) is 4.98 Å². The average Bonchev–Trinajstić information content (AvgIpc) is 2.94. The van der Waals surface area contributed by atoms with Crippen LogP contribution >= 0.6 is 11.3 Å². The number of likely N-dealkylation sites (N-methyl/N-ethyl adjacent to an activating group) is 1. The molecule has 1 aromatic carbocycles. The normalized spacial score (nSPS) is 10.7. The van der Waals surface area contributed by atoms with Crippen molar-refractivity contribution in [2.45, 2.75) is 33.2 Å². The molecular weight excluding hydrogens is 306 g/mol. The third-order valence-corrected chi connectivity index (χ3v) is 4.42. The Morgan fingerprint density at radius 1 is 1.27 bits per heavy atom. The second kappa shape index (κ2) is 7.45. The Bertz CT molecular complexity index is 637. The molecule has 0 aliphatic carbocycles. The number of hydrogen-bond donors (Lipinski definition) is 0. The molecule has 0 atom stereocenters. The summed E-state index contributed by atoms with van der Waals surface area (Å²) in [5.41, 5.74) is 0.629. The number of carbonyl (C=O) groups excluding carboxylic acids is 1. The lowest BCUT2D eigenvalue weighted by Gasteiger charge is -2.21. The zero-order valence-corrected chi connectivity index (χ0v) is 13.4. The van der Waals surface area contributed by atoms with Crippen molar-refractivity contribution in [2.24, 2.45) is 0 Å². The highest BCUT2D eigenvalue weighted by molar-refractivity contribution is 7.09. The quantitative estimate of drug-likeness (QED) is 0.814. The number of thiazole rings is 1. The van der Waals surface area contributed by atoms with Gasteiger partial charge in [-0.1, -0.05) is 13.0 Å². The molecule has 0 aliphatic rings. The first-order valence-electron chi connectivity index (χ1n) is 7.19. The van der Waals surface area contributed by atoms with Gasteiger partial charge in [-0.05, 0) is 25.5 Å². The van der Waals surface area contributed by atoms with E-state index in [0.29, 0.717) is 12.2 Å². The number of nitrogens with zero attached hydrogens (tertiary/aromatic N) is 2. The number of carbonyl (C=O) groups is 1. The Labute approximate surface area is 132 Å². The number of amides is 1. The van der Waals surface area contributed by atoms with E-state index in [1.165, 1.54) is 34.4 Å². The molecule has 118 valence electrons. The van der Waals surface area contributed by atoms with Crippen molar-refractivity contribution >= 4 is 17.2 Å². The van der Waals surface area contributed by atoms with E-state index in [4.69, 9.17) is 0 Å². The second-order valence-electron chi connectivity index (χ2n) is 4.87. The van der Waals surface area contributed by atoms with Crippen LogP contribution in [0.3, 0.4) is 0 Å². The van der Waals surface area contributed by atoms with Crippen molar-refractivity contribution in [3.8, 4) is 0 Å². The van der Waals surface area contributed by atoms with E-state index in [1.807, 2.05) is 12.3 Å². The highest BCUT2D eigenvalue weighted by Gasteiger charge is 2.18. The van der Waals surface area contributed by atoms with Gasteiger partial charge < -0.3 is 4.90 Å². The summed E-state index contributed by atoms with van der Waals surface area (Å²) in [6, 6.07) is 3.71. The summed E-state index contributed by atoms with van der Waals surface area (Å²) >= 11 is 1.52. The van der Waals surface area contributed by atoms with Crippen LogP contribution in [0.25, 0.3) is 0 Å². The molecule has 0 radical (unpaired) electrons. The van der Waals surface area contributed by atoms with Crippen LogP contribution in [0.2, 0.25) is 0 Å². The third-order valence-electron chi connectivity index (χ3n) is 3.38. The summed E-state index contributed by atoms with van der Waals surface area (Å²) in [7, 11) is 0. The average molecular weight is 324 g/mol. The molecule has 1 aromatic heterocycles. The van der Waals surface area contributed by atoms with Gasteiger partial charge in [-0.3, -0.25) is 4.79 Å². The van der Waals surface area contributed by atoms with Gasteiger partial charge >= 0.3 is 0 Å². The van der Waals surface area contributed by atoms with Crippen LogP contribution in [0.5, 0.6) is 0 Å². The van der Waals surface area contributed by atoms with Crippen LogP contribution in [-0.2, 0) is 24.2 Å². The fourth-order valence-electron chi connectivity index (χ4n) is 2.11. The van der Waals surface area contributed by atoms with Gasteiger partial charge in [0.25, 0.3) is 0 Å².